The van der Waals surface area contributed by atoms with Gasteiger partial charge in [-0.15, -0.1) is 0 Å². The molecule has 1 aliphatic rings. The van der Waals surface area contributed by atoms with Crippen molar-refractivity contribution >= 4 is 11.8 Å². The number of anilines is 1. The van der Waals surface area contributed by atoms with Crippen molar-refractivity contribution < 1.29 is 14.3 Å². The fourth-order valence-electron chi connectivity index (χ4n) is 4.16. The molecule has 1 fully saturated rings. The van der Waals surface area contributed by atoms with E-state index in [4.69, 9.17) is 9.47 Å². The molecule has 2 aromatic carbocycles. The largest absolute Gasteiger partial charge is 0.455 e. The van der Waals surface area contributed by atoms with Gasteiger partial charge in [-0.3, -0.25) is 4.98 Å². The Morgan fingerprint density at radius 3 is 2.64 bits per heavy atom. The molecule has 36 heavy (non-hydrogen) atoms. The Balaban J connectivity index is 1.57. The highest BCUT2D eigenvalue weighted by Gasteiger charge is 2.32. The zero-order chi connectivity index (χ0) is 25.7. The van der Waals surface area contributed by atoms with Crippen LogP contribution in [-0.2, 0) is 4.74 Å². The quantitative estimate of drug-likeness (QED) is 0.428. The molecule has 7 nitrogen and oxygen atoms in total. The minimum Gasteiger partial charge on any atom is -0.455 e. The van der Waals surface area contributed by atoms with Gasteiger partial charge in [0.2, 0.25) is 0 Å². The van der Waals surface area contributed by atoms with Gasteiger partial charge in [-0.2, -0.15) is 5.26 Å². The van der Waals surface area contributed by atoms with E-state index in [0.717, 1.165) is 41.0 Å². The minimum absolute atomic E-state index is 0.0308. The highest BCUT2D eigenvalue weighted by atomic mass is 16.6. The summed E-state index contributed by atoms with van der Waals surface area (Å²) in [7, 11) is 0. The minimum atomic E-state index is -0.528. The number of pyridine rings is 1. The first-order valence-electron chi connectivity index (χ1n) is 12.2. The topological polar surface area (TPSA) is 87.5 Å². The summed E-state index contributed by atoms with van der Waals surface area (Å²) in [4.78, 5) is 18.7. The van der Waals surface area contributed by atoms with Crippen molar-refractivity contribution in [3.05, 3.63) is 72.1 Å². The Hall–Kier alpha value is -4.05. The van der Waals surface area contributed by atoms with Crippen LogP contribution in [0.5, 0.6) is 11.5 Å². The number of likely N-dealkylation sites (tertiary alicyclic amines) is 1. The van der Waals surface area contributed by atoms with E-state index < -0.39 is 5.60 Å². The second-order valence-corrected chi connectivity index (χ2v) is 10.1. The fraction of sp³-hybridized carbons (Fsp3) is 0.345. The molecule has 1 saturated heterocycles. The maximum atomic E-state index is 12.7. The molecule has 0 spiro atoms. The highest BCUT2D eigenvalue weighted by Crippen LogP contribution is 2.35. The summed E-state index contributed by atoms with van der Waals surface area (Å²) in [5, 5.41) is 12.8. The van der Waals surface area contributed by atoms with Crippen molar-refractivity contribution in [2.75, 3.05) is 18.4 Å². The van der Waals surface area contributed by atoms with Gasteiger partial charge in [-0.1, -0.05) is 23.8 Å². The molecule has 0 aliphatic carbocycles. The van der Waals surface area contributed by atoms with Gasteiger partial charge in [0.05, 0.1) is 17.3 Å². The molecule has 0 saturated carbocycles. The second kappa shape index (κ2) is 10.7. The highest BCUT2D eigenvalue weighted by molar-refractivity contribution is 5.72. The normalized spacial score (nSPS) is 15.3. The number of nitrogens with zero attached hydrogens (tertiary/aromatic N) is 3. The Morgan fingerprint density at radius 2 is 1.92 bits per heavy atom. The second-order valence-electron chi connectivity index (χ2n) is 10.1. The molecule has 1 unspecified atom stereocenters. The number of amides is 1. The predicted octanol–water partition coefficient (Wildman–Crippen LogP) is 6.53. The van der Waals surface area contributed by atoms with E-state index >= 15 is 0 Å². The fourth-order valence-corrected chi connectivity index (χ4v) is 4.16. The molecule has 4 rings (SSSR count). The van der Waals surface area contributed by atoms with Crippen LogP contribution >= 0.6 is 0 Å². The average molecular weight is 485 g/mol. The first kappa shape index (κ1) is 25.1. The van der Waals surface area contributed by atoms with Crippen LogP contribution in [0.15, 0.2) is 60.9 Å². The lowest BCUT2D eigenvalue weighted by atomic mass is 10.0. The summed E-state index contributed by atoms with van der Waals surface area (Å²) >= 11 is 0. The van der Waals surface area contributed by atoms with Crippen LogP contribution in [0.4, 0.5) is 10.5 Å². The molecule has 0 radical (unpaired) electrons. The number of aryl methyl sites for hydroxylation is 1. The van der Waals surface area contributed by atoms with Crippen LogP contribution in [0.25, 0.3) is 11.1 Å². The van der Waals surface area contributed by atoms with E-state index in [-0.39, 0.29) is 12.1 Å². The summed E-state index contributed by atoms with van der Waals surface area (Å²) < 4.78 is 11.9. The van der Waals surface area contributed by atoms with E-state index in [1.54, 1.807) is 12.4 Å². The summed E-state index contributed by atoms with van der Waals surface area (Å²) in [6.45, 7) is 8.94. The molecule has 1 aromatic heterocycles. The number of benzene rings is 2. The summed E-state index contributed by atoms with van der Waals surface area (Å²) in [5.74, 6) is 1.38. The molecular formula is C29H32N4O3. The predicted molar refractivity (Wildman–Crippen MR) is 140 cm³/mol. The van der Waals surface area contributed by atoms with Gasteiger partial charge in [-0.05, 0) is 76.4 Å². The number of hydrogen-bond acceptors (Lipinski definition) is 6. The van der Waals surface area contributed by atoms with E-state index in [1.807, 2.05) is 81.1 Å². The molecule has 1 aliphatic heterocycles. The van der Waals surface area contributed by atoms with Crippen LogP contribution in [0.1, 0.15) is 44.7 Å². The third kappa shape index (κ3) is 6.33. The number of nitrogens with one attached hydrogen (secondary N) is 1. The van der Waals surface area contributed by atoms with Crippen LogP contribution in [0.2, 0.25) is 0 Å². The average Bonchev–Trinajstić information content (AvgIpc) is 3.32. The summed E-state index contributed by atoms with van der Waals surface area (Å²) in [6, 6.07) is 17.7. The molecule has 186 valence electrons. The SMILES string of the molecule is Cc1ccc(Oc2cc(-c3cncc(C#N)c3)ccc2NCC2CCCN2C(=O)OC(C)(C)C)cc1. The van der Waals surface area contributed by atoms with Gasteiger partial charge in [0.25, 0.3) is 0 Å². The monoisotopic (exact) mass is 484 g/mol. The number of rotatable bonds is 6. The van der Waals surface area contributed by atoms with Crippen molar-refractivity contribution in [1.29, 1.82) is 5.26 Å². The number of hydrogen-bond donors (Lipinski definition) is 1. The van der Waals surface area contributed by atoms with E-state index in [0.29, 0.717) is 24.4 Å². The van der Waals surface area contributed by atoms with Crippen molar-refractivity contribution in [2.45, 2.75) is 52.2 Å². The third-order valence-corrected chi connectivity index (χ3v) is 5.96. The van der Waals surface area contributed by atoms with Gasteiger partial charge in [0.15, 0.2) is 5.75 Å². The maximum Gasteiger partial charge on any atom is 0.410 e. The van der Waals surface area contributed by atoms with Crippen LogP contribution in [-0.4, -0.2) is 40.7 Å². The smallest absolute Gasteiger partial charge is 0.410 e. The van der Waals surface area contributed by atoms with E-state index in [1.165, 1.54) is 0 Å². The van der Waals surface area contributed by atoms with Crippen molar-refractivity contribution in [2.24, 2.45) is 0 Å². The van der Waals surface area contributed by atoms with Crippen LogP contribution in [0.3, 0.4) is 0 Å². The summed E-state index contributed by atoms with van der Waals surface area (Å²) in [5.41, 5.74) is 3.67. The van der Waals surface area contributed by atoms with Gasteiger partial charge in [-0.25, -0.2) is 4.79 Å². The van der Waals surface area contributed by atoms with Crippen molar-refractivity contribution in [3.8, 4) is 28.7 Å². The number of aromatic nitrogens is 1. The summed E-state index contributed by atoms with van der Waals surface area (Å²) in [6.07, 6.45) is 4.85. The Labute approximate surface area is 212 Å². The Morgan fingerprint density at radius 1 is 1.14 bits per heavy atom. The number of ether oxygens (including phenoxy) is 2. The first-order chi connectivity index (χ1) is 17.2. The molecule has 2 heterocycles. The molecule has 1 N–H and O–H groups in total. The zero-order valence-electron chi connectivity index (χ0n) is 21.2. The van der Waals surface area contributed by atoms with Gasteiger partial charge < -0.3 is 19.7 Å². The maximum absolute atomic E-state index is 12.7. The number of nitriles is 1. The molecule has 7 heteroatoms. The lowest BCUT2D eigenvalue weighted by Crippen LogP contribution is -2.42. The lowest BCUT2D eigenvalue weighted by molar-refractivity contribution is 0.0235. The first-order valence-corrected chi connectivity index (χ1v) is 12.2. The van der Waals surface area contributed by atoms with Crippen molar-refractivity contribution in [1.82, 2.24) is 9.88 Å². The standard InChI is InChI=1S/C29H32N4O3/c1-20-7-10-25(11-8-20)35-27-15-22(23-14-21(16-30)17-31-18-23)9-12-26(27)32-19-24-6-5-13-33(24)28(34)36-29(2,3)4/h7-12,14-15,17-18,24,32H,5-6,13,19H2,1-4H3. The third-order valence-electron chi connectivity index (χ3n) is 5.96. The molecular weight excluding hydrogens is 452 g/mol. The van der Waals surface area contributed by atoms with E-state index in [9.17, 15) is 10.1 Å². The van der Waals surface area contributed by atoms with Gasteiger partial charge in [0, 0.05) is 31.0 Å². The molecule has 0 bridgehead atoms. The molecule has 1 atom stereocenters. The van der Waals surface area contributed by atoms with Gasteiger partial charge >= 0.3 is 6.09 Å². The van der Waals surface area contributed by atoms with Crippen LogP contribution < -0.4 is 10.1 Å². The Bertz CT molecular complexity index is 1260. The Kier molecular flexibility index (Phi) is 7.44. The van der Waals surface area contributed by atoms with Gasteiger partial charge in [0.1, 0.15) is 17.4 Å². The zero-order valence-corrected chi connectivity index (χ0v) is 21.2. The number of carbonyl (C=O) groups is 1. The van der Waals surface area contributed by atoms with E-state index in [2.05, 4.69) is 16.4 Å². The lowest BCUT2D eigenvalue weighted by Gasteiger charge is -2.29. The molecule has 3 aromatic rings. The van der Waals surface area contributed by atoms with Crippen LogP contribution in [0, 0.1) is 18.3 Å². The molecule has 1 amide bonds. The number of carbonyl (C=O) groups excluding carboxylic acids is 1. The van der Waals surface area contributed by atoms with Crippen molar-refractivity contribution in [3.63, 3.8) is 0 Å².